The van der Waals surface area contributed by atoms with Crippen LogP contribution in [0, 0.1) is 0 Å². The smallest absolute Gasteiger partial charge is 0.338 e. The van der Waals surface area contributed by atoms with Crippen molar-refractivity contribution in [1.82, 2.24) is 4.57 Å². The monoisotopic (exact) mass is 307 g/mol. The fraction of sp³-hybridized carbons (Fsp3) is 0.105. The highest BCUT2D eigenvalue weighted by Crippen LogP contribution is 2.15. The Balaban J connectivity index is 1.64. The number of nitrogens with zero attached hydrogens (tertiary/aromatic N) is 1. The molecule has 0 saturated heterocycles. The summed E-state index contributed by atoms with van der Waals surface area (Å²) in [5.74, 6) is 0.404. The first kappa shape index (κ1) is 14.9. The first-order valence-corrected chi connectivity index (χ1v) is 7.30. The molecule has 2 aromatic carbocycles. The van der Waals surface area contributed by atoms with E-state index in [2.05, 4.69) is 0 Å². The van der Waals surface area contributed by atoms with Crippen molar-refractivity contribution in [3.8, 4) is 11.4 Å². The summed E-state index contributed by atoms with van der Waals surface area (Å²) in [4.78, 5) is 12.1. The number of ether oxygens (including phenoxy) is 2. The van der Waals surface area contributed by atoms with E-state index in [1.807, 2.05) is 65.5 Å². The second-order valence-corrected chi connectivity index (χ2v) is 5.06. The minimum absolute atomic E-state index is 0.218. The van der Waals surface area contributed by atoms with Gasteiger partial charge >= 0.3 is 5.97 Å². The lowest BCUT2D eigenvalue weighted by molar-refractivity contribution is 0.0472. The van der Waals surface area contributed by atoms with Crippen LogP contribution in [0.5, 0.6) is 5.75 Å². The fourth-order valence-corrected chi connectivity index (χ4v) is 2.27. The number of esters is 1. The Bertz CT molecular complexity index is 777. The summed E-state index contributed by atoms with van der Waals surface area (Å²) in [5, 5.41) is 0. The van der Waals surface area contributed by atoms with Gasteiger partial charge in [0, 0.05) is 18.1 Å². The topological polar surface area (TPSA) is 40.5 Å². The van der Waals surface area contributed by atoms with Crippen LogP contribution in [0.1, 0.15) is 15.9 Å². The van der Waals surface area contributed by atoms with Crippen LogP contribution in [-0.4, -0.2) is 17.6 Å². The molecule has 3 aromatic rings. The Kier molecular flexibility index (Phi) is 4.43. The molecule has 116 valence electrons. The molecule has 0 N–H and O–H groups in total. The highest BCUT2D eigenvalue weighted by Gasteiger charge is 2.08. The minimum atomic E-state index is -0.341. The molecule has 4 heteroatoms. The van der Waals surface area contributed by atoms with Crippen molar-refractivity contribution < 1.29 is 14.3 Å². The first-order chi connectivity index (χ1) is 11.3. The molecule has 0 saturated carbocycles. The zero-order chi connectivity index (χ0) is 16.1. The Morgan fingerprint density at radius 3 is 2.43 bits per heavy atom. The standard InChI is InChI=1S/C19H17NO3/c1-22-18-6-4-5-15(13-18)14-23-19(21)16-7-9-17(10-8-16)20-11-2-3-12-20/h2-13H,14H2,1H3. The quantitative estimate of drug-likeness (QED) is 0.672. The molecule has 1 heterocycles. The Morgan fingerprint density at radius 1 is 1.00 bits per heavy atom. The van der Waals surface area contributed by atoms with Crippen LogP contribution in [-0.2, 0) is 11.3 Å². The van der Waals surface area contributed by atoms with Crippen molar-refractivity contribution in [2.75, 3.05) is 7.11 Å². The van der Waals surface area contributed by atoms with Gasteiger partial charge in [-0.3, -0.25) is 0 Å². The molecule has 0 bridgehead atoms. The molecule has 0 radical (unpaired) electrons. The van der Waals surface area contributed by atoms with Crippen LogP contribution in [0.15, 0.2) is 73.1 Å². The van der Waals surface area contributed by atoms with E-state index in [-0.39, 0.29) is 12.6 Å². The number of hydrogen-bond acceptors (Lipinski definition) is 3. The highest BCUT2D eigenvalue weighted by molar-refractivity contribution is 5.89. The predicted molar refractivity (Wildman–Crippen MR) is 87.9 cm³/mol. The first-order valence-electron chi connectivity index (χ1n) is 7.30. The number of aromatic nitrogens is 1. The number of hydrogen-bond donors (Lipinski definition) is 0. The van der Waals surface area contributed by atoms with Crippen LogP contribution in [0.3, 0.4) is 0 Å². The lowest BCUT2D eigenvalue weighted by Crippen LogP contribution is -2.05. The summed E-state index contributed by atoms with van der Waals surface area (Å²) in [7, 11) is 1.61. The van der Waals surface area contributed by atoms with Crippen LogP contribution in [0.4, 0.5) is 0 Å². The van der Waals surface area contributed by atoms with Crippen molar-refractivity contribution in [2.24, 2.45) is 0 Å². The molecule has 23 heavy (non-hydrogen) atoms. The summed E-state index contributed by atoms with van der Waals surface area (Å²) in [5.41, 5.74) is 2.42. The van der Waals surface area contributed by atoms with Gasteiger partial charge in [-0.2, -0.15) is 0 Å². The van der Waals surface area contributed by atoms with Crippen molar-refractivity contribution in [2.45, 2.75) is 6.61 Å². The molecule has 0 amide bonds. The van der Waals surface area contributed by atoms with E-state index in [9.17, 15) is 4.79 Å². The van der Waals surface area contributed by atoms with Gasteiger partial charge in [0.15, 0.2) is 0 Å². The van der Waals surface area contributed by atoms with Crippen LogP contribution < -0.4 is 4.74 Å². The van der Waals surface area contributed by atoms with Gasteiger partial charge in [0.05, 0.1) is 12.7 Å². The van der Waals surface area contributed by atoms with Gasteiger partial charge < -0.3 is 14.0 Å². The number of carbonyl (C=O) groups excluding carboxylic acids is 1. The molecule has 0 fully saturated rings. The third-order valence-corrected chi connectivity index (χ3v) is 3.51. The van der Waals surface area contributed by atoms with Gasteiger partial charge in [-0.15, -0.1) is 0 Å². The maximum atomic E-state index is 12.1. The van der Waals surface area contributed by atoms with E-state index >= 15 is 0 Å². The van der Waals surface area contributed by atoms with Crippen molar-refractivity contribution in [1.29, 1.82) is 0 Å². The zero-order valence-electron chi connectivity index (χ0n) is 12.8. The van der Waals surface area contributed by atoms with Gasteiger partial charge in [0.1, 0.15) is 12.4 Å². The minimum Gasteiger partial charge on any atom is -0.497 e. The van der Waals surface area contributed by atoms with E-state index in [0.29, 0.717) is 5.56 Å². The maximum absolute atomic E-state index is 12.1. The largest absolute Gasteiger partial charge is 0.497 e. The molecule has 0 unspecified atom stereocenters. The maximum Gasteiger partial charge on any atom is 0.338 e. The van der Waals surface area contributed by atoms with Gasteiger partial charge in [0.25, 0.3) is 0 Å². The normalized spacial score (nSPS) is 10.3. The van der Waals surface area contributed by atoms with E-state index in [4.69, 9.17) is 9.47 Å². The highest BCUT2D eigenvalue weighted by atomic mass is 16.5. The molecule has 0 aliphatic rings. The molecule has 0 atom stereocenters. The molecule has 4 nitrogen and oxygen atoms in total. The van der Waals surface area contributed by atoms with E-state index in [1.165, 1.54) is 0 Å². The molecule has 0 aliphatic carbocycles. The van der Waals surface area contributed by atoms with Crippen LogP contribution in [0.25, 0.3) is 5.69 Å². The van der Waals surface area contributed by atoms with Crippen molar-refractivity contribution >= 4 is 5.97 Å². The van der Waals surface area contributed by atoms with Gasteiger partial charge in [-0.25, -0.2) is 4.79 Å². The van der Waals surface area contributed by atoms with Crippen LogP contribution >= 0.6 is 0 Å². The molecule has 1 aromatic heterocycles. The van der Waals surface area contributed by atoms with Gasteiger partial charge in [-0.1, -0.05) is 12.1 Å². The average Bonchev–Trinajstić information content (AvgIpc) is 3.14. The lowest BCUT2D eigenvalue weighted by atomic mass is 10.2. The van der Waals surface area contributed by atoms with Gasteiger partial charge in [-0.05, 0) is 54.1 Å². The summed E-state index contributed by atoms with van der Waals surface area (Å²) < 4.78 is 12.5. The molecule has 3 rings (SSSR count). The predicted octanol–water partition coefficient (Wildman–Crippen LogP) is 3.84. The van der Waals surface area contributed by atoms with E-state index < -0.39 is 0 Å². The second-order valence-electron chi connectivity index (χ2n) is 5.06. The van der Waals surface area contributed by atoms with Crippen LogP contribution in [0.2, 0.25) is 0 Å². The number of methoxy groups -OCH3 is 1. The summed E-state index contributed by atoms with van der Waals surface area (Å²) in [6.07, 6.45) is 3.91. The van der Waals surface area contributed by atoms with Crippen molar-refractivity contribution in [3.63, 3.8) is 0 Å². The Morgan fingerprint density at radius 2 is 1.74 bits per heavy atom. The summed E-state index contributed by atoms with van der Waals surface area (Å²) >= 11 is 0. The number of carbonyl (C=O) groups is 1. The summed E-state index contributed by atoms with van der Waals surface area (Å²) in [6.45, 7) is 0.218. The SMILES string of the molecule is COc1cccc(COC(=O)c2ccc(-n3cccc3)cc2)c1. The second kappa shape index (κ2) is 6.83. The average molecular weight is 307 g/mol. The number of rotatable bonds is 5. The van der Waals surface area contributed by atoms with E-state index in [1.54, 1.807) is 19.2 Å². The molecular formula is C19H17NO3. The lowest BCUT2D eigenvalue weighted by Gasteiger charge is -2.08. The fourth-order valence-electron chi connectivity index (χ4n) is 2.27. The number of benzene rings is 2. The van der Waals surface area contributed by atoms with Crippen molar-refractivity contribution in [3.05, 3.63) is 84.2 Å². The molecule has 0 spiro atoms. The molecular weight excluding hydrogens is 290 g/mol. The molecule has 0 aliphatic heterocycles. The summed E-state index contributed by atoms with van der Waals surface area (Å²) in [6, 6.07) is 18.7. The van der Waals surface area contributed by atoms with E-state index in [0.717, 1.165) is 17.0 Å². The third-order valence-electron chi connectivity index (χ3n) is 3.51. The zero-order valence-corrected chi connectivity index (χ0v) is 12.8. The third kappa shape index (κ3) is 3.61. The Hall–Kier alpha value is -3.01. The Labute approximate surface area is 134 Å². The van der Waals surface area contributed by atoms with Gasteiger partial charge in [0.2, 0.25) is 0 Å².